The summed E-state index contributed by atoms with van der Waals surface area (Å²) in [6, 6.07) is 1.85. The van der Waals surface area contributed by atoms with Gasteiger partial charge in [0.1, 0.15) is 11.6 Å². The van der Waals surface area contributed by atoms with Gasteiger partial charge in [0.2, 0.25) is 5.88 Å². The van der Waals surface area contributed by atoms with Crippen LogP contribution in [0.2, 0.25) is 0 Å². The van der Waals surface area contributed by atoms with Gasteiger partial charge in [-0.2, -0.15) is 4.98 Å². The van der Waals surface area contributed by atoms with E-state index in [0.717, 1.165) is 37.7 Å². The summed E-state index contributed by atoms with van der Waals surface area (Å²) in [7, 11) is 1.86. The molecule has 106 valence electrons. The van der Waals surface area contributed by atoms with Crippen molar-refractivity contribution >= 4 is 5.82 Å². The molecular weight excluding hydrogens is 242 g/mol. The van der Waals surface area contributed by atoms with E-state index in [2.05, 4.69) is 29.1 Å². The number of aromatic nitrogens is 2. The molecule has 1 aliphatic heterocycles. The van der Waals surface area contributed by atoms with Crippen molar-refractivity contribution in [2.45, 2.75) is 32.6 Å². The van der Waals surface area contributed by atoms with Gasteiger partial charge in [0.15, 0.2) is 0 Å². The number of nitrogens with zero attached hydrogens (tertiary/aromatic N) is 2. The molecule has 1 aliphatic rings. The quantitative estimate of drug-likeness (QED) is 0.886. The zero-order chi connectivity index (χ0) is 13.7. The van der Waals surface area contributed by atoms with E-state index in [4.69, 9.17) is 9.47 Å². The highest BCUT2D eigenvalue weighted by Gasteiger charge is 2.15. The van der Waals surface area contributed by atoms with Gasteiger partial charge in [-0.3, -0.25) is 0 Å². The molecule has 1 aromatic rings. The van der Waals surface area contributed by atoms with Crippen LogP contribution in [-0.4, -0.2) is 36.8 Å². The average Bonchev–Trinajstić information content (AvgIpc) is 2.45. The first-order valence-corrected chi connectivity index (χ1v) is 6.96. The average molecular weight is 265 g/mol. The van der Waals surface area contributed by atoms with E-state index in [0.29, 0.717) is 24.3 Å². The van der Waals surface area contributed by atoms with Gasteiger partial charge in [-0.1, -0.05) is 13.8 Å². The van der Waals surface area contributed by atoms with Crippen molar-refractivity contribution in [3.8, 4) is 5.88 Å². The van der Waals surface area contributed by atoms with Crippen molar-refractivity contribution < 1.29 is 9.47 Å². The number of anilines is 1. The molecular formula is C14H23N3O2. The SMILES string of the molecule is CNc1cc(OCC2CCOCC2)nc(C(C)C)n1. The molecule has 2 rings (SSSR count). The van der Waals surface area contributed by atoms with Gasteiger partial charge >= 0.3 is 0 Å². The molecule has 0 saturated carbocycles. The minimum Gasteiger partial charge on any atom is -0.477 e. The summed E-state index contributed by atoms with van der Waals surface area (Å²) in [6.07, 6.45) is 2.14. The minimum absolute atomic E-state index is 0.290. The Morgan fingerprint density at radius 3 is 2.74 bits per heavy atom. The standard InChI is InChI=1S/C14H23N3O2/c1-10(2)14-16-12(15-3)8-13(17-14)19-9-11-4-6-18-7-5-11/h8,10-11H,4-7,9H2,1-3H3,(H,15,16,17). The molecule has 19 heavy (non-hydrogen) atoms. The smallest absolute Gasteiger partial charge is 0.218 e. The molecule has 0 unspecified atom stereocenters. The van der Waals surface area contributed by atoms with E-state index in [9.17, 15) is 0 Å². The number of hydrogen-bond donors (Lipinski definition) is 1. The number of rotatable bonds is 5. The minimum atomic E-state index is 0.290. The second-order valence-electron chi connectivity index (χ2n) is 5.22. The summed E-state index contributed by atoms with van der Waals surface area (Å²) in [4.78, 5) is 8.88. The van der Waals surface area contributed by atoms with Crippen LogP contribution in [0.4, 0.5) is 5.82 Å². The molecule has 1 saturated heterocycles. The van der Waals surface area contributed by atoms with Gasteiger partial charge < -0.3 is 14.8 Å². The van der Waals surface area contributed by atoms with Gasteiger partial charge in [0.25, 0.3) is 0 Å². The van der Waals surface area contributed by atoms with Gasteiger partial charge in [0.05, 0.1) is 6.61 Å². The van der Waals surface area contributed by atoms with E-state index >= 15 is 0 Å². The Kier molecular flexibility index (Phi) is 4.96. The van der Waals surface area contributed by atoms with Crippen LogP contribution in [0.15, 0.2) is 6.07 Å². The molecule has 1 fully saturated rings. The summed E-state index contributed by atoms with van der Waals surface area (Å²) in [5, 5.41) is 3.05. The first kappa shape index (κ1) is 14.1. The fourth-order valence-corrected chi connectivity index (χ4v) is 2.02. The third-order valence-electron chi connectivity index (χ3n) is 3.30. The van der Waals surface area contributed by atoms with E-state index in [-0.39, 0.29) is 0 Å². The fourth-order valence-electron chi connectivity index (χ4n) is 2.02. The number of hydrogen-bond acceptors (Lipinski definition) is 5. The van der Waals surface area contributed by atoms with Crippen LogP contribution in [-0.2, 0) is 4.74 Å². The number of ether oxygens (including phenoxy) is 2. The molecule has 0 aromatic carbocycles. The lowest BCUT2D eigenvalue weighted by Gasteiger charge is -2.22. The molecule has 1 aromatic heterocycles. The van der Waals surface area contributed by atoms with Crippen molar-refractivity contribution in [3.63, 3.8) is 0 Å². The van der Waals surface area contributed by atoms with Crippen LogP contribution >= 0.6 is 0 Å². The second-order valence-corrected chi connectivity index (χ2v) is 5.22. The third kappa shape index (κ3) is 4.06. The number of nitrogens with one attached hydrogen (secondary N) is 1. The van der Waals surface area contributed by atoms with Crippen molar-refractivity contribution in [1.29, 1.82) is 0 Å². The van der Waals surface area contributed by atoms with Crippen LogP contribution < -0.4 is 10.1 Å². The van der Waals surface area contributed by atoms with E-state index in [1.54, 1.807) is 0 Å². The highest BCUT2D eigenvalue weighted by atomic mass is 16.5. The topological polar surface area (TPSA) is 56.3 Å². The lowest BCUT2D eigenvalue weighted by Crippen LogP contribution is -2.21. The summed E-state index contributed by atoms with van der Waals surface area (Å²) < 4.78 is 11.2. The Bertz CT molecular complexity index is 404. The fraction of sp³-hybridized carbons (Fsp3) is 0.714. The van der Waals surface area contributed by atoms with Crippen molar-refractivity contribution in [2.24, 2.45) is 5.92 Å². The second kappa shape index (κ2) is 6.70. The summed E-state index contributed by atoms with van der Waals surface area (Å²) in [6.45, 7) is 6.56. The molecule has 0 amide bonds. The van der Waals surface area contributed by atoms with Crippen LogP contribution in [0.1, 0.15) is 38.4 Å². The van der Waals surface area contributed by atoms with Gasteiger partial charge in [-0.25, -0.2) is 4.98 Å². The predicted molar refractivity (Wildman–Crippen MR) is 74.7 cm³/mol. The Labute approximate surface area is 114 Å². The Morgan fingerprint density at radius 2 is 2.11 bits per heavy atom. The molecule has 1 N–H and O–H groups in total. The Morgan fingerprint density at radius 1 is 1.37 bits per heavy atom. The van der Waals surface area contributed by atoms with Crippen LogP contribution in [0, 0.1) is 5.92 Å². The van der Waals surface area contributed by atoms with Crippen molar-refractivity contribution in [1.82, 2.24) is 9.97 Å². The highest BCUT2D eigenvalue weighted by molar-refractivity contribution is 5.38. The van der Waals surface area contributed by atoms with E-state index < -0.39 is 0 Å². The largest absolute Gasteiger partial charge is 0.477 e. The Hall–Kier alpha value is -1.36. The summed E-state index contributed by atoms with van der Waals surface area (Å²) in [5.74, 6) is 3.15. The highest BCUT2D eigenvalue weighted by Crippen LogP contribution is 2.20. The molecule has 2 heterocycles. The van der Waals surface area contributed by atoms with E-state index in [1.807, 2.05) is 13.1 Å². The van der Waals surface area contributed by atoms with E-state index in [1.165, 1.54) is 0 Å². The van der Waals surface area contributed by atoms with Crippen LogP contribution in [0.3, 0.4) is 0 Å². The van der Waals surface area contributed by atoms with Crippen LogP contribution in [0.25, 0.3) is 0 Å². The molecule has 0 spiro atoms. The maximum atomic E-state index is 5.83. The molecule has 0 atom stereocenters. The van der Waals surface area contributed by atoms with Crippen molar-refractivity contribution in [2.75, 3.05) is 32.2 Å². The maximum Gasteiger partial charge on any atom is 0.218 e. The van der Waals surface area contributed by atoms with Gasteiger partial charge in [0, 0.05) is 32.2 Å². The lowest BCUT2D eigenvalue weighted by atomic mass is 10.0. The normalized spacial score (nSPS) is 16.6. The summed E-state index contributed by atoms with van der Waals surface area (Å²) in [5.41, 5.74) is 0. The third-order valence-corrected chi connectivity index (χ3v) is 3.30. The first-order valence-electron chi connectivity index (χ1n) is 6.96. The van der Waals surface area contributed by atoms with Gasteiger partial charge in [-0.05, 0) is 18.8 Å². The molecule has 0 bridgehead atoms. The monoisotopic (exact) mass is 265 g/mol. The molecule has 0 radical (unpaired) electrons. The zero-order valence-electron chi connectivity index (χ0n) is 12.0. The molecule has 0 aliphatic carbocycles. The predicted octanol–water partition coefficient (Wildman–Crippen LogP) is 2.45. The maximum absolute atomic E-state index is 5.83. The summed E-state index contributed by atoms with van der Waals surface area (Å²) >= 11 is 0. The molecule has 5 nitrogen and oxygen atoms in total. The van der Waals surface area contributed by atoms with Crippen molar-refractivity contribution in [3.05, 3.63) is 11.9 Å². The Balaban J connectivity index is 2.00. The zero-order valence-corrected chi connectivity index (χ0v) is 12.0. The first-order chi connectivity index (χ1) is 9.19. The van der Waals surface area contributed by atoms with Gasteiger partial charge in [-0.15, -0.1) is 0 Å². The lowest BCUT2D eigenvalue weighted by molar-refractivity contribution is 0.0490. The van der Waals surface area contributed by atoms with Crippen LogP contribution in [0.5, 0.6) is 5.88 Å². The molecule has 5 heteroatoms.